The molecule has 1 unspecified atom stereocenters. The molecular formula is C14H12N2OS. The molecule has 1 heterocycles. The van der Waals surface area contributed by atoms with E-state index in [1.807, 2.05) is 60.8 Å². The van der Waals surface area contributed by atoms with Crippen molar-refractivity contribution >= 4 is 27.6 Å². The zero-order valence-corrected chi connectivity index (χ0v) is 10.4. The molecule has 0 spiro atoms. The predicted octanol–water partition coefficient (Wildman–Crippen LogP) is 2.79. The van der Waals surface area contributed by atoms with E-state index in [1.165, 1.54) is 0 Å². The second kappa shape index (κ2) is 4.31. The molecule has 90 valence electrons. The average Bonchev–Trinajstić information content (AvgIpc) is 2.84. The lowest BCUT2D eigenvalue weighted by molar-refractivity contribution is 0.678. The van der Waals surface area contributed by atoms with Crippen molar-refractivity contribution in [2.75, 3.05) is 5.73 Å². The molecule has 4 heteroatoms. The molecule has 3 rings (SSSR count). The third kappa shape index (κ3) is 1.71. The lowest BCUT2D eigenvalue weighted by Crippen LogP contribution is -2.03. The lowest BCUT2D eigenvalue weighted by atomic mass is 10.2. The average molecular weight is 256 g/mol. The number of hydrogen-bond donors (Lipinski definition) is 1. The summed E-state index contributed by atoms with van der Waals surface area (Å²) in [5, 5.41) is 0.932. The van der Waals surface area contributed by atoms with Gasteiger partial charge in [0.1, 0.15) is 0 Å². The Morgan fingerprint density at radius 3 is 2.50 bits per heavy atom. The van der Waals surface area contributed by atoms with E-state index >= 15 is 0 Å². The first-order valence-corrected chi connectivity index (χ1v) is 6.71. The van der Waals surface area contributed by atoms with Gasteiger partial charge in [0, 0.05) is 17.3 Å². The molecule has 1 aromatic heterocycles. The molecule has 0 aliphatic rings. The van der Waals surface area contributed by atoms with Gasteiger partial charge in [-0.1, -0.05) is 24.3 Å². The fraction of sp³-hybridized carbons (Fsp3) is 0. The van der Waals surface area contributed by atoms with Crippen LogP contribution in [-0.2, 0) is 11.0 Å². The molecule has 3 nitrogen and oxygen atoms in total. The van der Waals surface area contributed by atoms with Crippen LogP contribution in [0.4, 0.5) is 5.69 Å². The van der Waals surface area contributed by atoms with Gasteiger partial charge in [-0.25, -0.2) is 4.21 Å². The standard InChI is InChI=1S/C14H12N2OS/c15-13-7-4-8-14-12(13)9-10-16(14)18(17)11-5-2-1-3-6-11/h1-10H,15H2. The number of fused-ring (bicyclic) bond motifs is 1. The number of aromatic nitrogens is 1. The molecule has 0 bridgehead atoms. The highest BCUT2D eigenvalue weighted by molar-refractivity contribution is 7.83. The third-order valence-electron chi connectivity index (χ3n) is 2.85. The quantitative estimate of drug-likeness (QED) is 0.717. The van der Waals surface area contributed by atoms with Crippen LogP contribution >= 0.6 is 0 Å². The molecule has 0 aliphatic carbocycles. The van der Waals surface area contributed by atoms with Gasteiger partial charge in [-0.2, -0.15) is 0 Å². The Labute approximate surface area is 107 Å². The van der Waals surface area contributed by atoms with Crippen LogP contribution in [0.25, 0.3) is 10.9 Å². The van der Waals surface area contributed by atoms with E-state index < -0.39 is 11.0 Å². The molecule has 0 aliphatic heterocycles. The molecule has 0 amide bonds. The second-order valence-corrected chi connectivity index (χ2v) is 5.35. The molecule has 2 N–H and O–H groups in total. The van der Waals surface area contributed by atoms with E-state index in [-0.39, 0.29) is 0 Å². The van der Waals surface area contributed by atoms with Crippen LogP contribution in [0.2, 0.25) is 0 Å². The van der Waals surface area contributed by atoms with Crippen LogP contribution in [0, 0.1) is 0 Å². The van der Waals surface area contributed by atoms with Crippen molar-refractivity contribution in [3.63, 3.8) is 0 Å². The summed E-state index contributed by atoms with van der Waals surface area (Å²) in [7, 11) is -1.24. The normalized spacial score (nSPS) is 12.7. The number of hydrogen-bond acceptors (Lipinski definition) is 2. The molecule has 0 saturated carbocycles. The summed E-state index contributed by atoms with van der Waals surface area (Å²) in [6, 6.07) is 16.9. The van der Waals surface area contributed by atoms with Crippen LogP contribution in [0.1, 0.15) is 0 Å². The molecule has 1 atom stereocenters. The van der Waals surface area contributed by atoms with Crippen molar-refractivity contribution in [2.24, 2.45) is 0 Å². The number of anilines is 1. The van der Waals surface area contributed by atoms with Crippen molar-refractivity contribution in [1.82, 2.24) is 3.97 Å². The number of benzene rings is 2. The zero-order valence-electron chi connectivity index (χ0n) is 9.61. The Kier molecular flexibility index (Phi) is 2.64. The highest BCUT2D eigenvalue weighted by atomic mass is 32.2. The van der Waals surface area contributed by atoms with Crippen LogP contribution in [-0.4, -0.2) is 8.18 Å². The topological polar surface area (TPSA) is 48.0 Å². The van der Waals surface area contributed by atoms with E-state index in [0.717, 1.165) is 15.8 Å². The van der Waals surface area contributed by atoms with Gasteiger partial charge in [-0.15, -0.1) is 0 Å². The number of rotatable bonds is 2. The van der Waals surface area contributed by atoms with Crippen molar-refractivity contribution in [2.45, 2.75) is 4.90 Å². The van der Waals surface area contributed by atoms with Crippen LogP contribution < -0.4 is 5.73 Å². The summed E-state index contributed by atoms with van der Waals surface area (Å²) in [6.07, 6.45) is 1.81. The van der Waals surface area contributed by atoms with Gasteiger partial charge in [0.05, 0.1) is 10.4 Å². The molecular weight excluding hydrogens is 244 g/mol. The number of nitrogen functional groups attached to an aromatic ring is 1. The Morgan fingerprint density at radius 2 is 1.72 bits per heavy atom. The summed E-state index contributed by atoms with van der Waals surface area (Å²) < 4.78 is 14.2. The maximum absolute atomic E-state index is 12.5. The number of nitrogens with zero attached hydrogens (tertiary/aromatic N) is 1. The highest BCUT2D eigenvalue weighted by Gasteiger charge is 2.10. The second-order valence-electron chi connectivity index (χ2n) is 3.98. The minimum absolute atomic E-state index is 0.705. The van der Waals surface area contributed by atoms with E-state index in [0.29, 0.717) is 5.69 Å². The molecule has 18 heavy (non-hydrogen) atoms. The molecule has 0 saturated heterocycles. The highest BCUT2D eigenvalue weighted by Crippen LogP contribution is 2.24. The fourth-order valence-corrected chi connectivity index (χ4v) is 3.09. The molecule has 2 aromatic carbocycles. The summed E-state index contributed by atoms with van der Waals surface area (Å²) in [5.74, 6) is 0. The van der Waals surface area contributed by atoms with Crippen molar-refractivity contribution in [3.05, 3.63) is 60.8 Å². The van der Waals surface area contributed by atoms with Crippen molar-refractivity contribution < 1.29 is 4.21 Å². The minimum atomic E-state index is -1.24. The monoisotopic (exact) mass is 256 g/mol. The lowest BCUT2D eigenvalue weighted by Gasteiger charge is -2.05. The zero-order chi connectivity index (χ0) is 12.5. The van der Waals surface area contributed by atoms with Gasteiger partial charge >= 0.3 is 0 Å². The molecule has 0 fully saturated rings. The maximum atomic E-state index is 12.5. The van der Waals surface area contributed by atoms with E-state index in [2.05, 4.69) is 0 Å². The largest absolute Gasteiger partial charge is 0.398 e. The van der Waals surface area contributed by atoms with Gasteiger partial charge in [0.2, 0.25) is 0 Å². The Hall–Kier alpha value is -2.07. The smallest absolute Gasteiger partial charge is 0.157 e. The van der Waals surface area contributed by atoms with E-state index in [1.54, 1.807) is 3.97 Å². The van der Waals surface area contributed by atoms with Gasteiger partial charge in [0.15, 0.2) is 11.0 Å². The van der Waals surface area contributed by atoms with E-state index in [4.69, 9.17) is 5.73 Å². The minimum Gasteiger partial charge on any atom is -0.398 e. The Balaban J connectivity index is 2.16. The summed E-state index contributed by atoms with van der Waals surface area (Å²) >= 11 is 0. The SMILES string of the molecule is Nc1cccc2c1ccn2S(=O)c1ccccc1. The van der Waals surface area contributed by atoms with E-state index in [9.17, 15) is 4.21 Å². The third-order valence-corrected chi connectivity index (χ3v) is 4.21. The first-order chi connectivity index (χ1) is 8.77. The maximum Gasteiger partial charge on any atom is 0.157 e. The van der Waals surface area contributed by atoms with Gasteiger partial charge in [0.25, 0.3) is 0 Å². The summed E-state index contributed by atoms with van der Waals surface area (Å²) in [6.45, 7) is 0. The summed E-state index contributed by atoms with van der Waals surface area (Å²) in [5.41, 5.74) is 7.49. The predicted molar refractivity (Wildman–Crippen MR) is 74.6 cm³/mol. The van der Waals surface area contributed by atoms with Crippen LogP contribution in [0.5, 0.6) is 0 Å². The van der Waals surface area contributed by atoms with Gasteiger partial charge in [-0.05, 0) is 30.3 Å². The van der Waals surface area contributed by atoms with Crippen LogP contribution in [0.3, 0.4) is 0 Å². The van der Waals surface area contributed by atoms with Gasteiger partial charge in [-0.3, -0.25) is 3.97 Å². The molecule has 0 radical (unpaired) electrons. The summed E-state index contributed by atoms with van der Waals surface area (Å²) in [4.78, 5) is 0.775. The first kappa shape index (κ1) is 11.0. The Morgan fingerprint density at radius 1 is 0.944 bits per heavy atom. The molecule has 3 aromatic rings. The Bertz CT molecular complexity index is 719. The number of nitrogens with two attached hydrogens (primary N) is 1. The first-order valence-electron chi connectivity index (χ1n) is 5.60. The van der Waals surface area contributed by atoms with Crippen molar-refractivity contribution in [1.29, 1.82) is 0 Å². The van der Waals surface area contributed by atoms with Gasteiger partial charge < -0.3 is 5.73 Å². The van der Waals surface area contributed by atoms with Crippen LogP contribution in [0.15, 0.2) is 65.7 Å². The fourth-order valence-electron chi connectivity index (χ4n) is 1.96. The van der Waals surface area contributed by atoms with Crippen molar-refractivity contribution in [3.8, 4) is 0 Å².